The second-order valence-corrected chi connectivity index (χ2v) is 6.73. The van der Waals surface area contributed by atoms with Crippen LogP contribution in [-0.2, 0) is 10.0 Å². The molecule has 0 radical (unpaired) electrons. The van der Waals surface area contributed by atoms with Crippen LogP contribution in [0.3, 0.4) is 0 Å². The van der Waals surface area contributed by atoms with Gasteiger partial charge in [0.05, 0.1) is 22.0 Å². The highest BCUT2D eigenvalue weighted by atomic mass is 35.5. The zero-order chi connectivity index (χ0) is 13.5. The topological polar surface area (TPSA) is 74.7 Å². The Labute approximate surface area is 110 Å². The lowest BCUT2D eigenvalue weighted by atomic mass is 10.2. The van der Waals surface area contributed by atoms with Crippen molar-refractivity contribution in [2.75, 3.05) is 16.6 Å². The molecule has 0 bridgehead atoms. The number of hydrogen-bond acceptors (Lipinski definition) is 3. The molecule has 1 aromatic rings. The van der Waals surface area contributed by atoms with Gasteiger partial charge in [0, 0.05) is 6.54 Å². The molecule has 1 fully saturated rings. The third-order valence-electron chi connectivity index (χ3n) is 2.77. The highest BCUT2D eigenvalue weighted by Crippen LogP contribution is 2.33. The summed E-state index contributed by atoms with van der Waals surface area (Å²) in [6, 6.07) is 4.04. The Hall–Kier alpha value is -1.27. The molecule has 98 valence electrons. The number of carbonyl (C=O) groups is 1. The van der Waals surface area contributed by atoms with Crippen LogP contribution in [0.5, 0.6) is 0 Å². The molecular formula is C11H12ClNO4S. The van der Waals surface area contributed by atoms with Crippen molar-refractivity contribution in [2.24, 2.45) is 5.92 Å². The van der Waals surface area contributed by atoms with Gasteiger partial charge in [-0.3, -0.25) is 4.31 Å². The molecule has 18 heavy (non-hydrogen) atoms. The van der Waals surface area contributed by atoms with E-state index in [1.54, 1.807) is 0 Å². The summed E-state index contributed by atoms with van der Waals surface area (Å²) < 4.78 is 25.0. The molecule has 5 nitrogen and oxygen atoms in total. The third-order valence-corrected chi connectivity index (χ3v) is 5.08. The van der Waals surface area contributed by atoms with Crippen molar-refractivity contribution in [2.45, 2.75) is 6.92 Å². The average Bonchev–Trinajstić information content (AvgIpc) is 2.51. The number of halogens is 1. The van der Waals surface area contributed by atoms with Crippen LogP contribution in [-0.4, -0.2) is 31.8 Å². The zero-order valence-corrected chi connectivity index (χ0v) is 11.2. The molecule has 1 aliphatic heterocycles. The van der Waals surface area contributed by atoms with Crippen LogP contribution in [0.2, 0.25) is 5.02 Å². The molecule has 0 saturated carbocycles. The predicted octanol–water partition coefficient (Wildman–Crippen LogP) is 1.82. The first-order valence-corrected chi connectivity index (χ1v) is 7.33. The van der Waals surface area contributed by atoms with Gasteiger partial charge >= 0.3 is 5.97 Å². The van der Waals surface area contributed by atoms with Crippen LogP contribution in [0.1, 0.15) is 17.3 Å². The first kappa shape index (κ1) is 13.2. The van der Waals surface area contributed by atoms with Crippen LogP contribution >= 0.6 is 11.6 Å². The Morgan fingerprint density at radius 2 is 2.17 bits per heavy atom. The predicted molar refractivity (Wildman–Crippen MR) is 68.7 cm³/mol. The van der Waals surface area contributed by atoms with Gasteiger partial charge in [-0.15, -0.1) is 0 Å². The summed E-state index contributed by atoms with van der Waals surface area (Å²) >= 11 is 5.96. The van der Waals surface area contributed by atoms with Crippen LogP contribution < -0.4 is 4.31 Å². The van der Waals surface area contributed by atoms with E-state index in [0.29, 0.717) is 12.2 Å². The summed E-state index contributed by atoms with van der Waals surface area (Å²) in [6.07, 6.45) is 0. The van der Waals surface area contributed by atoms with Crippen molar-refractivity contribution in [3.63, 3.8) is 0 Å². The van der Waals surface area contributed by atoms with Crippen LogP contribution in [0.15, 0.2) is 18.2 Å². The summed E-state index contributed by atoms with van der Waals surface area (Å²) in [6.45, 7) is 2.21. The summed E-state index contributed by atoms with van der Waals surface area (Å²) in [5.74, 6) is -0.976. The lowest BCUT2D eigenvalue weighted by Crippen LogP contribution is -2.25. The van der Waals surface area contributed by atoms with E-state index in [-0.39, 0.29) is 22.3 Å². The Balaban J connectivity index is 2.44. The molecule has 1 heterocycles. The minimum absolute atomic E-state index is 0.0326. The smallest absolute Gasteiger partial charge is 0.335 e. The van der Waals surface area contributed by atoms with E-state index in [1.165, 1.54) is 22.5 Å². The zero-order valence-electron chi connectivity index (χ0n) is 9.63. The highest BCUT2D eigenvalue weighted by molar-refractivity contribution is 7.93. The Morgan fingerprint density at radius 1 is 1.50 bits per heavy atom. The van der Waals surface area contributed by atoms with Crippen molar-refractivity contribution in [1.29, 1.82) is 0 Å². The van der Waals surface area contributed by atoms with Gasteiger partial charge in [-0.1, -0.05) is 18.5 Å². The lowest BCUT2D eigenvalue weighted by molar-refractivity contribution is 0.0697. The van der Waals surface area contributed by atoms with Crippen molar-refractivity contribution in [1.82, 2.24) is 0 Å². The molecule has 1 unspecified atom stereocenters. The normalized spacial score (nSPS) is 22.1. The molecule has 0 spiro atoms. The van der Waals surface area contributed by atoms with Gasteiger partial charge in [-0.2, -0.15) is 0 Å². The Kier molecular flexibility index (Phi) is 3.25. The quantitative estimate of drug-likeness (QED) is 0.901. The summed E-state index contributed by atoms with van der Waals surface area (Å²) in [5, 5.41) is 8.95. The minimum atomic E-state index is -3.34. The molecule has 1 N–H and O–H groups in total. The fourth-order valence-corrected chi connectivity index (χ4v) is 4.27. The SMILES string of the molecule is CC1CN(c2ccc(C(=O)O)cc2Cl)S(=O)(=O)C1. The maximum absolute atomic E-state index is 11.9. The standard InChI is InChI=1S/C11H12ClNO4S/c1-7-5-13(18(16,17)6-7)10-3-2-8(11(14)15)4-9(10)12/h2-4,7H,5-6H2,1H3,(H,14,15). The van der Waals surface area contributed by atoms with Crippen LogP contribution in [0, 0.1) is 5.92 Å². The van der Waals surface area contributed by atoms with Crippen LogP contribution in [0.25, 0.3) is 0 Å². The number of nitrogens with zero attached hydrogens (tertiary/aromatic N) is 1. The van der Waals surface area contributed by atoms with Gasteiger partial charge < -0.3 is 5.11 Å². The molecule has 1 aromatic carbocycles. The number of aromatic carboxylic acids is 1. The van der Waals surface area contributed by atoms with Crippen molar-refractivity contribution < 1.29 is 18.3 Å². The molecule has 2 rings (SSSR count). The van der Waals surface area contributed by atoms with Gasteiger partial charge in [-0.05, 0) is 24.1 Å². The van der Waals surface area contributed by atoms with E-state index in [9.17, 15) is 13.2 Å². The second kappa shape index (κ2) is 4.44. The monoisotopic (exact) mass is 289 g/mol. The van der Waals surface area contributed by atoms with E-state index in [4.69, 9.17) is 16.7 Å². The highest BCUT2D eigenvalue weighted by Gasteiger charge is 2.34. The van der Waals surface area contributed by atoms with Crippen molar-refractivity contribution in [3.8, 4) is 0 Å². The number of benzene rings is 1. The molecule has 0 aromatic heterocycles. The number of carboxylic acids is 1. The molecule has 1 saturated heterocycles. The van der Waals surface area contributed by atoms with Gasteiger partial charge in [0.15, 0.2) is 0 Å². The molecule has 0 amide bonds. The number of rotatable bonds is 2. The second-order valence-electron chi connectivity index (χ2n) is 4.39. The first-order valence-electron chi connectivity index (χ1n) is 5.34. The van der Waals surface area contributed by atoms with Gasteiger partial charge in [0.1, 0.15) is 0 Å². The summed E-state index contributed by atoms with van der Waals surface area (Å²) in [4.78, 5) is 10.8. The molecular weight excluding hydrogens is 278 g/mol. The lowest BCUT2D eigenvalue weighted by Gasteiger charge is -2.18. The molecule has 0 aliphatic carbocycles. The molecule has 1 atom stereocenters. The van der Waals surface area contributed by atoms with E-state index in [1.807, 2.05) is 6.92 Å². The summed E-state index contributed by atoms with van der Waals surface area (Å²) in [5.41, 5.74) is 0.374. The average molecular weight is 290 g/mol. The number of carboxylic acid groups (broad SMARTS) is 1. The summed E-state index contributed by atoms with van der Waals surface area (Å²) in [7, 11) is -3.34. The Morgan fingerprint density at radius 3 is 2.61 bits per heavy atom. The third kappa shape index (κ3) is 2.30. The fourth-order valence-electron chi connectivity index (χ4n) is 1.99. The minimum Gasteiger partial charge on any atom is -0.478 e. The molecule has 1 aliphatic rings. The van der Waals surface area contributed by atoms with Crippen LogP contribution in [0.4, 0.5) is 5.69 Å². The van der Waals surface area contributed by atoms with Gasteiger partial charge in [0.25, 0.3) is 0 Å². The van der Waals surface area contributed by atoms with E-state index in [2.05, 4.69) is 0 Å². The van der Waals surface area contributed by atoms with Gasteiger partial charge in [-0.25, -0.2) is 13.2 Å². The largest absolute Gasteiger partial charge is 0.478 e. The number of anilines is 1. The number of sulfonamides is 1. The maximum atomic E-state index is 11.9. The van der Waals surface area contributed by atoms with E-state index in [0.717, 1.165) is 0 Å². The van der Waals surface area contributed by atoms with Crippen molar-refractivity contribution >= 4 is 33.3 Å². The fraction of sp³-hybridized carbons (Fsp3) is 0.364. The molecule has 7 heteroatoms. The Bertz CT molecular complexity index is 599. The van der Waals surface area contributed by atoms with E-state index >= 15 is 0 Å². The number of hydrogen-bond donors (Lipinski definition) is 1. The van der Waals surface area contributed by atoms with Gasteiger partial charge in [0.2, 0.25) is 10.0 Å². The van der Waals surface area contributed by atoms with E-state index < -0.39 is 16.0 Å². The maximum Gasteiger partial charge on any atom is 0.335 e. The van der Waals surface area contributed by atoms with Crippen molar-refractivity contribution in [3.05, 3.63) is 28.8 Å². The first-order chi connectivity index (χ1) is 8.31.